The van der Waals surface area contributed by atoms with E-state index in [2.05, 4.69) is 31.5 Å². The number of carbonyl (C=O) groups excluding carboxylic acids is 9. The van der Waals surface area contributed by atoms with Gasteiger partial charge in [-0.2, -0.15) is 0 Å². The molecule has 0 unspecified atom stereocenters. The number of hydrogen-bond acceptors (Lipinski definition) is 25. The van der Waals surface area contributed by atoms with Crippen molar-refractivity contribution in [3.05, 3.63) is 216 Å². The quantitative estimate of drug-likeness (QED) is 0.0102. The van der Waals surface area contributed by atoms with Gasteiger partial charge in [0.25, 0.3) is 0 Å². The van der Waals surface area contributed by atoms with E-state index in [1.165, 1.54) is 14.2 Å². The number of Topliss-reactive ketones (excluding diaryl/α,β-unsaturated/α-hetero) is 2. The maximum Gasteiger partial charge on any atom is 0.407 e. The van der Waals surface area contributed by atoms with Crippen LogP contribution in [0.25, 0.3) is 22.5 Å². The summed E-state index contributed by atoms with van der Waals surface area (Å²) < 4.78 is 59.0. The number of amides is 4. The third kappa shape index (κ3) is 41.3. The van der Waals surface area contributed by atoms with Crippen LogP contribution < -0.4 is 21.5 Å². The summed E-state index contributed by atoms with van der Waals surface area (Å²) in [6.45, 7) is 27.9. The van der Waals surface area contributed by atoms with Crippen LogP contribution in [0.4, 0.5) is 9.59 Å². The van der Waals surface area contributed by atoms with E-state index in [0.29, 0.717) is 72.1 Å². The lowest BCUT2D eigenvalue weighted by molar-refractivity contribution is -0.160. The number of nitrogens with zero attached hydrogens (tertiary/aromatic N) is 4. The second-order valence-electron chi connectivity index (χ2n) is 36.9. The molecule has 0 aliphatic heterocycles. The number of pyridine rings is 2. The molecule has 0 spiro atoms. The van der Waals surface area contributed by atoms with E-state index in [0.717, 1.165) is 50.3 Å². The molecule has 0 aliphatic carbocycles. The first-order valence-corrected chi connectivity index (χ1v) is 44.9. The smallest absolute Gasteiger partial charge is 0.407 e. The molecule has 0 saturated carbocycles. The maximum absolute atomic E-state index is 14.9. The molecule has 2 heterocycles. The number of methoxy groups -OCH3 is 4. The third-order valence-corrected chi connectivity index (χ3v) is 22.0. The van der Waals surface area contributed by atoms with Gasteiger partial charge >= 0.3 is 30.1 Å². The normalized spacial score (nSPS) is 13.8. The van der Waals surface area contributed by atoms with Crippen molar-refractivity contribution in [3.8, 4) is 22.5 Å². The number of aliphatic hydroxyl groups excluding tert-OH is 1. The lowest BCUT2D eigenvalue weighted by Crippen LogP contribution is -2.53. The van der Waals surface area contributed by atoms with Crippen molar-refractivity contribution in [1.29, 1.82) is 0 Å². The molecule has 0 radical (unpaired) electrons. The predicted octanol–water partition coefficient (Wildman–Crippen LogP) is 14.0. The molecule has 29 heteroatoms. The molecule has 716 valence electrons. The van der Waals surface area contributed by atoms with Crippen LogP contribution in [0, 0.1) is 51.2 Å². The Bertz CT molecular complexity index is 4510. The van der Waals surface area contributed by atoms with Crippen molar-refractivity contribution in [1.82, 2.24) is 41.5 Å². The largest absolute Gasteiger partial charge is 0.469 e. The summed E-state index contributed by atoms with van der Waals surface area (Å²) in [5.74, 6) is -6.36. The number of ketones is 2. The Hall–Kier alpha value is -10.7. The molecule has 131 heavy (non-hydrogen) atoms. The van der Waals surface area contributed by atoms with Gasteiger partial charge in [-0.25, -0.2) is 19.6 Å². The van der Waals surface area contributed by atoms with Crippen molar-refractivity contribution in [2.45, 2.75) is 172 Å². The van der Waals surface area contributed by atoms with Crippen LogP contribution in [0.2, 0.25) is 0 Å². The monoisotopic (exact) mass is 1820 g/mol. The summed E-state index contributed by atoms with van der Waals surface area (Å²) in [6, 6.07) is 53.7. The summed E-state index contributed by atoms with van der Waals surface area (Å²) in [5, 5.41) is 21.0. The Balaban J connectivity index is 0.000000409. The number of aliphatic hydroxyl groups is 1. The minimum atomic E-state index is -1.13. The minimum Gasteiger partial charge on any atom is -0.469 e. The number of rotatable bonds is 54. The summed E-state index contributed by atoms with van der Waals surface area (Å²) in [7, 11) is 5.76. The van der Waals surface area contributed by atoms with Crippen molar-refractivity contribution >= 4 is 53.5 Å². The fraction of sp³-hybridized carbons (Fsp3) is 0.520. The summed E-state index contributed by atoms with van der Waals surface area (Å²) in [5.41, 5.74) is 11.2. The average molecular weight is 1820 g/mol. The van der Waals surface area contributed by atoms with Gasteiger partial charge in [-0.05, 0) is 98.9 Å². The Kier molecular flexibility index (Phi) is 47.3. The molecular weight excluding hydrogens is 1670 g/mol. The first-order chi connectivity index (χ1) is 62.4. The zero-order valence-corrected chi connectivity index (χ0v) is 79.8. The molecule has 0 fully saturated rings. The van der Waals surface area contributed by atoms with Gasteiger partial charge in [0.1, 0.15) is 19.3 Å². The van der Waals surface area contributed by atoms with Gasteiger partial charge in [0, 0.05) is 76.1 Å². The van der Waals surface area contributed by atoms with E-state index < -0.39 is 117 Å². The lowest BCUT2D eigenvalue weighted by Gasteiger charge is -2.36. The molecule has 5 N–H and O–H groups in total. The van der Waals surface area contributed by atoms with Crippen molar-refractivity contribution in [3.63, 3.8) is 0 Å². The van der Waals surface area contributed by atoms with E-state index in [4.69, 9.17) is 52.1 Å². The fourth-order valence-electron chi connectivity index (χ4n) is 14.6. The summed E-state index contributed by atoms with van der Waals surface area (Å²) in [6.07, 6.45) is 0.350. The molecule has 9 atom stereocenters. The van der Waals surface area contributed by atoms with E-state index in [1.807, 2.05) is 259 Å². The number of benzene rings is 5. The van der Waals surface area contributed by atoms with Crippen molar-refractivity contribution in [2.75, 3.05) is 121 Å². The van der Waals surface area contributed by atoms with Crippen LogP contribution in [0.3, 0.4) is 0 Å². The molecule has 0 aliphatic rings. The molecule has 0 bridgehead atoms. The predicted molar refractivity (Wildman–Crippen MR) is 500 cm³/mol. The minimum absolute atomic E-state index is 0.0204. The SMILES string of the molecule is COCCOCCOCCOC(=O)N[C@H](C(=O)C[C@@H](Cc1ccccc1)[C@@H](O)CN(Cc1ccc(-c2ccccn2)cc1)NC(=O)[C@@H](CC(=O)OC)C(C)(C)C)C(C)(C)C.COCCOCCOCCOC(=O)N[C@H](C(=O)C[C@@H](Cc1ccccc1)[C@H](CN(Cc1ccc(-c2ccccn2)cc1)NC(=O)[C@@H](CC(=O)OC)C(C)(C)C)OC(=O)[C@@H](C)Cc1ccccc1)C(C)(C)C. The van der Waals surface area contributed by atoms with E-state index in [-0.39, 0.29) is 89.9 Å². The Labute approximate surface area is 774 Å². The highest BCUT2D eigenvalue weighted by atomic mass is 16.6. The second kappa shape index (κ2) is 56.9. The molecule has 29 nitrogen and oxygen atoms in total. The van der Waals surface area contributed by atoms with Crippen LogP contribution in [-0.4, -0.2) is 224 Å². The van der Waals surface area contributed by atoms with Gasteiger partial charge < -0.3 is 67.8 Å². The van der Waals surface area contributed by atoms with Crippen LogP contribution in [-0.2, 0) is 118 Å². The first kappa shape index (κ1) is 109. The molecule has 0 saturated heterocycles. The molecule has 2 aromatic heterocycles. The van der Waals surface area contributed by atoms with Crippen LogP contribution >= 0.6 is 0 Å². The van der Waals surface area contributed by atoms with Gasteiger partial charge in [-0.15, -0.1) is 0 Å². The van der Waals surface area contributed by atoms with Gasteiger partial charge in [0.15, 0.2) is 11.6 Å². The molecule has 5 aromatic carbocycles. The van der Waals surface area contributed by atoms with E-state index in [9.17, 15) is 48.3 Å². The van der Waals surface area contributed by atoms with Crippen LogP contribution in [0.5, 0.6) is 0 Å². The van der Waals surface area contributed by atoms with Crippen LogP contribution in [0.1, 0.15) is 144 Å². The topological polar surface area (TPSA) is 356 Å². The third-order valence-electron chi connectivity index (χ3n) is 22.0. The highest BCUT2D eigenvalue weighted by Gasteiger charge is 2.42. The maximum atomic E-state index is 14.9. The number of hydrazine groups is 2. The number of ether oxygens (including phenoxy) is 11. The Morgan fingerprint density at radius 3 is 1.08 bits per heavy atom. The highest BCUT2D eigenvalue weighted by molar-refractivity contribution is 5.90. The van der Waals surface area contributed by atoms with Gasteiger partial charge in [0.2, 0.25) is 11.8 Å². The lowest BCUT2D eigenvalue weighted by atomic mass is 9.78. The Morgan fingerprint density at radius 2 is 0.725 bits per heavy atom. The fourth-order valence-corrected chi connectivity index (χ4v) is 14.6. The zero-order valence-electron chi connectivity index (χ0n) is 79.8. The highest BCUT2D eigenvalue weighted by Crippen LogP contribution is 2.34. The number of hydrogen-bond donors (Lipinski definition) is 5. The van der Waals surface area contributed by atoms with Gasteiger partial charge in [-0.3, -0.25) is 54.4 Å². The zero-order chi connectivity index (χ0) is 95.9. The summed E-state index contributed by atoms with van der Waals surface area (Å²) >= 11 is 0. The van der Waals surface area contributed by atoms with E-state index in [1.54, 1.807) is 43.6 Å². The summed E-state index contributed by atoms with van der Waals surface area (Å²) in [4.78, 5) is 132. The number of esters is 3. The number of aromatic nitrogens is 2. The van der Waals surface area contributed by atoms with Crippen LogP contribution in [0.15, 0.2) is 188 Å². The number of nitrogens with one attached hydrogen (secondary N) is 4. The first-order valence-electron chi connectivity index (χ1n) is 44.9. The molecule has 7 rings (SSSR count). The van der Waals surface area contributed by atoms with Crippen molar-refractivity contribution < 1.29 is 100 Å². The van der Waals surface area contributed by atoms with Gasteiger partial charge in [0.05, 0.1) is 147 Å². The Morgan fingerprint density at radius 1 is 0.382 bits per heavy atom. The number of alkyl carbamates (subject to hydrolysis) is 2. The molecule has 7 aromatic rings. The number of carbonyl (C=O) groups is 9. The standard InChI is InChI=1S/C56H76N4O11.C46H66N4O10/c1-40(34-41-18-12-10-13-19-41)53(64)71-49(39-60(59-52(63)46(55(2,3)4)37-50(62)67-9)38-43-23-25-44(26-24-43)47-22-16-17-27-57-47)45(35-42-20-14-11-15-21-42)36-48(61)51(56(5,6)7)58-54(65)70-33-32-69-31-30-68-29-28-66-8;1-45(2,3)37(30-41(53)57-8)43(54)49-50(31-34-17-19-35(20-18-34)38-16-12-13-21-47-38)32-40(52)36(28-33-14-10-9-11-15-33)29-39(51)42(46(4,5)6)48-44(55)60-27-26-59-25-24-58-23-22-56-7/h10-27,40,45-46,49,51H,28-39H2,1-9H3,(H,58,65)(H,59,63);9-21,36-37,40,42,52H,22-32H2,1-8H3,(H,48,55)(H,49,54)/t40-,45+,46+,49-,51+;36-,37-,40+,42-/m01/s1. The van der Waals surface area contributed by atoms with E-state index >= 15 is 0 Å². The van der Waals surface area contributed by atoms with Gasteiger partial charge in [-0.1, -0.05) is 242 Å². The van der Waals surface area contributed by atoms with Crippen molar-refractivity contribution in [2.24, 2.45) is 51.2 Å². The second-order valence-corrected chi connectivity index (χ2v) is 36.9. The molecular formula is C102H142N8O21. The molecule has 4 amide bonds. The average Bonchev–Trinajstić information content (AvgIpc) is 0.823.